The van der Waals surface area contributed by atoms with Crippen LogP contribution in [0.4, 0.5) is 0 Å². The van der Waals surface area contributed by atoms with Crippen LogP contribution in [-0.2, 0) is 61.8 Å². The Kier molecular flexibility index (Phi) is 59.5. The van der Waals surface area contributed by atoms with E-state index in [-0.39, 0.29) is 0 Å². The van der Waals surface area contributed by atoms with Gasteiger partial charge in [-0.1, -0.05) is 69.3 Å². The van der Waals surface area contributed by atoms with E-state index in [1.165, 1.54) is 74.2 Å². The second-order valence-electron chi connectivity index (χ2n) is 20.1. The Morgan fingerprint density at radius 2 is 1.39 bits per heavy atom. The summed E-state index contributed by atoms with van der Waals surface area (Å²) in [6.07, 6.45) is 28.7. The number of aromatic nitrogens is 8. The maximum absolute atomic E-state index is 5.80. The van der Waals surface area contributed by atoms with Gasteiger partial charge in [-0.3, -0.25) is 9.97 Å². The van der Waals surface area contributed by atoms with Crippen LogP contribution in [0, 0.1) is 5.92 Å². The molecule has 90 heavy (non-hydrogen) atoms. The van der Waals surface area contributed by atoms with Crippen LogP contribution in [0.25, 0.3) is 0 Å². The molecule has 0 aromatic carbocycles. The number of rotatable bonds is 21. The van der Waals surface area contributed by atoms with Gasteiger partial charge in [0.05, 0.1) is 42.3 Å². The highest BCUT2D eigenvalue weighted by molar-refractivity contribution is 7.10. The summed E-state index contributed by atoms with van der Waals surface area (Å²) in [5, 5.41) is 30.6. The van der Waals surface area contributed by atoms with Crippen molar-refractivity contribution in [3.63, 3.8) is 0 Å². The van der Waals surface area contributed by atoms with Gasteiger partial charge in [-0.2, -0.15) is 0 Å². The van der Waals surface area contributed by atoms with Crippen molar-refractivity contribution in [2.24, 2.45) is 5.92 Å². The standard InChI is InChI=1S/2C7H9ClN2.C7H14O.C6H9NO.C6H9NS.C6H13N.C6H14O.2C5H9N3.2C5H8N2S/c1-9-4-6-2-3-10-5-7(6)8;1-9-5-6-2-3-10-7(8)4-6;1-2-4-7-5-3-6-8-7;2*1-7-5-6-3-2-4-8-6;1-7-5-3-2-4-6-7;1-4-6(2)5-7-3;1-6-2-5-3-7-4-8-5;1-6-4-5-7-2-3-8-5;1-6-2-5-3-7-4-8-5;1-6-4-5-7-2-3-8-5/h2-3,5,9H,4H2,1H3;2-4,9H,5H2,1H3;7H,2-6H2,1H3;2*2-4,7H,5H2,1H3;2-6H2,1H3;6H,4-5H2,1-3H3;3-4,6H,2H2,1H3,(H,7,8);2-3,6H,4H2,1H3,(H,7,8);3-4,6H,2H2,1H3;2-3,6H,4H2,1H3. The minimum absolute atomic E-state index is 0.549. The van der Waals surface area contributed by atoms with Crippen LogP contribution in [0.1, 0.15) is 115 Å². The lowest BCUT2D eigenvalue weighted by Gasteiger charge is -2.20. The first-order valence-corrected chi connectivity index (χ1v) is 34.2. The van der Waals surface area contributed by atoms with Crippen molar-refractivity contribution in [3.05, 3.63) is 174 Å². The zero-order valence-electron chi connectivity index (χ0n) is 56.2. The van der Waals surface area contributed by atoms with Gasteiger partial charge >= 0.3 is 0 Å². The number of pyridine rings is 2. The topological polar surface area (TPSA) is 240 Å². The molecule has 8 aromatic rings. The van der Waals surface area contributed by atoms with Crippen LogP contribution >= 0.6 is 57.2 Å². The Morgan fingerprint density at radius 1 is 0.667 bits per heavy atom. The van der Waals surface area contributed by atoms with Crippen LogP contribution in [0.2, 0.25) is 10.2 Å². The van der Waals surface area contributed by atoms with Gasteiger partial charge in [0, 0.05) is 130 Å². The van der Waals surface area contributed by atoms with Crippen molar-refractivity contribution in [2.75, 3.05) is 96.8 Å². The largest absolute Gasteiger partial charge is 0.468 e. The highest BCUT2D eigenvalue weighted by Crippen LogP contribution is 2.16. The molecule has 2 fully saturated rings. The number of hydrogen-bond donors (Lipinski definition) is 10. The van der Waals surface area contributed by atoms with Crippen LogP contribution in [0.5, 0.6) is 0 Å². The summed E-state index contributed by atoms with van der Waals surface area (Å²) in [5.74, 6) is 2.69. The average Bonchev–Trinajstić information content (AvgIpc) is 4.47. The maximum Gasteiger partial charge on any atom is 0.129 e. The summed E-state index contributed by atoms with van der Waals surface area (Å²) in [6, 6.07) is 13.7. The lowest BCUT2D eigenvalue weighted by molar-refractivity contribution is 0.103. The molecule has 0 saturated carbocycles. The maximum atomic E-state index is 5.80. The number of nitrogens with zero attached hydrogens (tertiary/aromatic N) is 7. The van der Waals surface area contributed by atoms with Gasteiger partial charge in [-0.05, 0) is 167 Å². The van der Waals surface area contributed by atoms with Crippen LogP contribution in [-0.4, -0.2) is 148 Å². The SMILES string of the molecule is CCC(C)COC.CCCC1CCCO1.CN1CCCCC1.CNCc1ccco1.CNCc1cccs1.CNCc1ccnc(Cl)c1.CNCc1ccncc1Cl.CNCc1cnc[nH]1.CNCc1cncs1.CNCc1ncc[nH]1.CNCc1nccs1. The monoisotopic (exact) mass is 1340 g/mol. The van der Waals surface area contributed by atoms with E-state index < -0.39 is 0 Å². The number of H-pyrrole nitrogens is 2. The Labute approximate surface area is 562 Å². The highest BCUT2D eigenvalue weighted by atomic mass is 35.5. The van der Waals surface area contributed by atoms with E-state index in [0.717, 1.165) is 110 Å². The van der Waals surface area contributed by atoms with Crippen molar-refractivity contribution >= 4 is 57.2 Å². The molecule has 0 amide bonds. The molecule has 2 atom stereocenters. The lowest BCUT2D eigenvalue weighted by Crippen LogP contribution is -2.24. The molecule has 2 saturated heterocycles. The number of hydrogen-bond acceptors (Lipinski definition) is 21. The second-order valence-corrected chi connectivity index (χ2v) is 23.9. The highest BCUT2D eigenvalue weighted by Gasteiger charge is 2.13. The first-order chi connectivity index (χ1) is 43.9. The van der Waals surface area contributed by atoms with Gasteiger partial charge in [-0.25, -0.2) is 19.9 Å². The molecule has 25 heteroatoms. The van der Waals surface area contributed by atoms with Gasteiger partial charge in [0.15, 0.2) is 0 Å². The van der Waals surface area contributed by atoms with Gasteiger partial charge in [0.2, 0.25) is 0 Å². The molecule has 0 aliphatic carbocycles. The Bertz CT molecular complexity index is 2310. The van der Waals surface area contributed by atoms with Crippen LogP contribution in [0.3, 0.4) is 0 Å². The Hall–Kier alpha value is -4.90. The zero-order chi connectivity index (χ0) is 66.3. The lowest BCUT2D eigenvalue weighted by atomic mass is 10.1. The number of piperidine rings is 1. The molecular weight excluding hydrogens is 1230 g/mol. The number of halogens is 2. The molecule has 10 N–H and O–H groups in total. The predicted molar refractivity (Wildman–Crippen MR) is 382 cm³/mol. The molecule has 0 radical (unpaired) electrons. The van der Waals surface area contributed by atoms with E-state index in [4.69, 9.17) is 37.1 Å². The fourth-order valence-corrected chi connectivity index (χ4v) is 9.78. The van der Waals surface area contributed by atoms with Crippen molar-refractivity contribution in [3.8, 4) is 0 Å². The van der Waals surface area contributed by atoms with E-state index in [1.807, 2.05) is 116 Å². The van der Waals surface area contributed by atoms with E-state index in [1.54, 1.807) is 84.7 Å². The summed E-state index contributed by atoms with van der Waals surface area (Å²) in [5.41, 5.74) is 5.20. The summed E-state index contributed by atoms with van der Waals surface area (Å²) >= 11 is 16.6. The number of thiophene rings is 1. The zero-order valence-corrected chi connectivity index (χ0v) is 60.1. The summed E-state index contributed by atoms with van der Waals surface area (Å²) in [4.78, 5) is 34.5. The van der Waals surface area contributed by atoms with Gasteiger partial charge < -0.3 is 71.3 Å². The number of ether oxygens (including phenoxy) is 2. The number of aromatic amines is 2. The number of thiazole rings is 2. The van der Waals surface area contributed by atoms with E-state index >= 15 is 0 Å². The molecule has 20 nitrogen and oxygen atoms in total. The number of nitrogens with one attached hydrogen (secondary N) is 10. The summed E-state index contributed by atoms with van der Waals surface area (Å²) in [6.45, 7) is 18.0. The Balaban J connectivity index is 0.000000970. The molecule has 2 aliphatic heterocycles. The van der Waals surface area contributed by atoms with Gasteiger partial charge in [-0.15, -0.1) is 34.0 Å². The predicted octanol–water partition coefficient (Wildman–Crippen LogP) is 12.1. The summed E-state index contributed by atoms with van der Waals surface area (Å²) in [7, 11) is 19.2. The van der Waals surface area contributed by atoms with Crippen LogP contribution in [0.15, 0.2) is 125 Å². The molecule has 0 spiro atoms. The van der Waals surface area contributed by atoms with Crippen molar-refractivity contribution in [1.29, 1.82) is 0 Å². The van der Waals surface area contributed by atoms with E-state index in [2.05, 4.69) is 133 Å². The first kappa shape index (κ1) is 85.1. The average molecular weight is 1350 g/mol. The minimum atomic E-state index is 0.549. The number of likely N-dealkylation sites (tertiary alicyclic amines) is 1. The molecule has 10 heterocycles. The number of imidazole rings is 2. The van der Waals surface area contributed by atoms with Crippen molar-refractivity contribution in [1.82, 2.24) is 87.3 Å². The Morgan fingerprint density at radius 3 is 1.87 bits per heavy atom. The number of methoxy groups -OCH3 is 1. The molecule has 2 aliphatic rings. The van der Waals surface area contributed by atoms with E-state index in [9.17, 15) is 0 Å². The molecule has 0 bridgehead atoms. The summed E-state index contributed by atoms with van der Waals surface area (Å²) < 4.78 is 15.3. The van der Waals surface area contributed by atoms with Gasteiger partial charge in [0.25, 0.3) is 0 Å². The van der Waals surface area contributed by atoms with E-state index in [0.29, 0.717) is 11.3 Å². The minimum Gasteiger partial charge on any atom is -0.468 e. The molecule has 10 rings (SSSR count). The fraction of sp³-hybridized carbons (Fsp3) is 0.538. The number of furan rings is 1. The quantitative estimate of drug-likeness (QED) is 0.0301. The van der Waals surface area contributed by atoms with Gasteiger partial charge in [0.1, 0.15) is 21.7 Å². The molecular formula is C65H111Cl2N17O3S3. The smallest absolute Gasteiger partial charge is 0.129 e. The second kappa shape index (κ2) is 62.9. The van der Waals surface area contributed by atoms with Crippen LogP contribution < -0.4 is 42.5 Å². The first-order valence-electron chi connectivity index (χ1n) is 30.8. The molecule has 8 aromatic heterocycles. The van der Waals surface area contributed by atoms with Crippen molar-refractivity contribution in [2.45, 2.75) is 131 Å². The van der Waals surface area contributed by atoms with Crippen molar-refractivity contribution < 1.29 is 13.9 Å². The molecule has 2 unspecified atom stereocenters. The normalized spacial score (nSPS) is 12.9. The molecule has 506 valence electrons. The third kappa shape index (κ3) is 50.7. The fourth-order valence-electron chi connectivity index (χ4n) is 7.45. The third-order valence-corrected chi connectivity index (χ3v) is 15.1. The third-order valence-electron chi connectivity index (χ3n) is 12.1.